The van der Waals surface area contributed by atoms with Gasteiger partial charge in [0.25, 0.3) is 0 Å². The summed E-state index contributed by atoms with van der Waals surface area (Å²) in [7, 11) is 0. The van der Waals surface area contributed by atoms with Gasteiger partial charge in [-0.1, -0.05) is 13.3 Å². The Labute approximate surface area is 106 Å². The number of hydrogen-bond donors (Lipinski definition) is 0. The summed E-state index contributed by atoms with van der Waals surface area (Å²) in [5.74, 6) is 0. The molecule has 2 rings (SSSR count). The molecule has 94 valence electrons. The van der Waals surface area contributed by atoms with Gasteiger partial charge >= 0.3 is 0 Å². The summed E-state index contributed by atoms with van der Waals surface area (Å²) in [5.41, 5.74) is 1.91. The van der Waals surface area contributed by atoms with Crippen LogP contribution in [0, 0.1) is 0 Å². The number of nitrogens with zero attached hydrogens (tertiary/aromatic N) is 3. The average Bonchev–Trinajstić information content (AvgIpc) is 2.58. The number of rotatable bonds is 4. The topological polar surface area (TPSA) is 52.1 Å². The molecule has 1 aromatic rings. The zero-order valence-electron chi connectivity index (χ0n) is 10.6. The molecule has 1 aliphatic heterocycles. The largest absolute Gasteiger partial charge is 0.592 e. The summed E-state index contributed by atoms with van der Waals surface area (Å²) < 4.78 is 14.4. The van der Waals surface area contributed by atoms with E-state index in [9.17, 15) is 4.55 Å². The summed E-state index contributed by atoms with van der Waals surface area (Å²) in [6.45, 7) is 6.26. The highest BCUT2D eigenvalue weighted by Gasteiger charge is 2.44. The molecule has 0 fully saturated rings. The number of aromatic nitrogens is 2. The Morgan fingerprint density at radius 3 is 2.94 bits per heavy atom. The van der Waals surface area contributed by atoms with Crippen molar-refractivity contribution in [1.82, 2.24) is 9.97 Å². The van der Waals surface area contributed by atoms with Crippen molar-refractivity contribution in [3.05, 3.63) is 18.2 Å². The minimum Gasteiger partial charge on any atom is -0.592 e. The van der Waals surface area contributed by atoms with Gasteiger partial charge in [0.2, 0.25) is 0 Å². The molecule has 2 atom stereocenters. The third kappa shape index (κ3) is 2.26. The van der Waals surface area contributed by atoms with Crippen molar-refractivity contribution in [2.24, 2.45) is 0 Å². The van der Waals surface area contributed by atoms with E-state index in [1.165, 1.54) is 0 Å². The molecule has 1 aromatic heterocycles. The van der Waals surface area contributed by atoms with Gasteiger partial charge in [-0.15, -0.1) is 0 Å². The van der Waals surface area contributed by atoms with Gasteiger partial charge in [0.1, 0.15) is 17.7 Å². The number of unbranched alkanes of at least 4 members (excludes halogenated alkanes) is 1. The van der Waals surface area contributed by atoms with E-state index in [1.54, 1.807) is 12.5 Å². The molecule has 2 heterocycles. The molecule has 2 unspecified atom stereocenters. The number of fused-ring (bicyclic) bond motifs is 1. The molecular weight excluding hydrogens is 234 g/mol. The maximum atomic E-state index is 12.5. The van der Waals surface area contributed by atoms with Crippen LogP contribution in [0.25, 0.3) is 0 Å². The molecule has 4 nitrogen and oxygen atoms in total. The molecule has 0 aromatic carbocycles. The highest BCUT2D eigenvalue weighted by Crippen LogP contribution is 2.44. The maximum Gasteiger partial charge on any atom is 0.185 e. The monoisotopic (exact) mass is 253 g/mol. The lowest BCUT2D eigenvalue weighted by atomic mass is 10.1. The lowest BCUT2D eigenvalue weighted by Crippen LogP contribution is -2.34. The second-order valence-electron chi connectivity index (χ2n) is 4.62. The van der Waals surface area contributed by atoms with Crippen molar-refractivity contribution >= 4 is 17.0 Å². The van der Waals surface area contributed by atoms with Crippen molar-refractivity contribution in [2.45, 2.75) is 51.3 Å². The fourth-order valence-corrected chi connectivity index (χ4v) is 3.96. The van der Waals surface area contributed by atoms with Crippen LogP contribution in [0.5, 0.6) is 0 Å². The molecule has 0 amide bonds. The summed E-state index contributed by atoms with van der Waals surface area (Å²) in [5, 5.41) is 0.0512. The van der Waals surface area contributed by atoms with Crippen LogP contribution >= 0.6 is 0 Å². The fraction of sp³-hybridized carbons (Fsp3) is 0.667. The highest BCUT2D eigenvalue weighted by atomic mass is 32.2. The second-order valence-corrected chi connectivity index (χ2v) is 6.13. The van der Waals surface area contributed by atoms with Gasteiger partial charge in [0.15, 0.2) is 5.25 Å². The molecule has 5 heteroatoms. The van der Waals surface area contributed by atoms with E-state index in [1.807, 2.05) is 4.31 Å². The van der Waals surface area contributed by atoms with Crippen LogP contribution in [0.3, 0.4) is 0 Å². The van der Waals surface area contributed by atoms with Crippen molar-refractivity contribution in [2.75, 3.05) is 4.31 Å². The van der Waals surface area contributed by atoms with Gasteiger partial charge in [-0.3, -0.25) is 0 Å². The van der Waals surface area contributed by atoms with E-state index in [0.29, 0.717) is 0 Å². The SMILES string of the molecule is CCCCC1c2ncncc2N(C(C)C)[S+]1[O-]. The van der Waals surface area contributed by atoms with Crippen molar-refractivity contribution in [1.29, 1.82) is 0 Å². The van der Waals surface area contributed by atoms with Gasteiger partial charge in [-0.05, 0) is 20.3 Å². The van der Waals surface area contributed by atoms with Crippen LogP contribution in [-0.2, 0) is 11.4 Å². The minimum absolute atomic E-state index is 0.0512. The molecular formula is C12H19N3OS. The average molecular weight is 253 g/mol. The van der Waals surface area contributed by atoms with Crippen LogP contribution in [-0.4, -0.2) is 20.6 Å². The van der Waals surface area contributed by atoms with E-state index in [0.717, 1.165) is 30.6 Å². The third-order valence-corrected chi connectivity index (χ3v) is 4.94. The molecule has 0 saturated heterocycles. The summed E-state index contributed by atoms with van der Waals surface area (Å²) >= 11 is -0.996. The Balaban J connectivity index is 2.31. The van der Waals surface area contributed by atoms with Crippen molar-refractivity contribution < 1.29 is 4.55 Å². The lowest BCUT2D eigenvalue weighted by molar-refractivity contribution is 0.564. The first-order valence-corrected chi connectivity index (χ1v) is 7.33. The molecule has 17 heavy (non-hydrogen) atoms. The second kappa shape index (κ2) is 5.23. The predicted octanol–water partition coefficient (Wildman–Crippen LogP) is 2.60. The Morgan fingerprint density at radius 2 is 2.29 bits per heavy atom. The third-order valence-electron chi connectivity index (χ3n) is 2.99. The van der Waals surface area contributed by atoms with Gasteiger partial charge < -0.3 is 4.55 Å². The lowest BCUT2D eigenvalue weighted by Gasteiger charge is -2.25. The zero-order chi connectivity index (χ0) is 12.4. The quantitative estimate of drug-likeness (QED) is 0.774. The predicted molar refractivity (Wildman–Crippen MR) is 70.1 cm³/mol. The van der Waals surface area contributed by atoms with E-state index in [-0.39, 0.29) is 11.3 Å². The molecule has 0 N–H and O–H groups in total. The fourth-order valence-electron chi connectivity index (χ4n) is 2.19. The summed E-state index contributed by atoms with van der Waals surface area (Å²) in [4.78, 5) is 8.38. The highest BCUT2D eigenvalue weighted by molar-refractivity contribution is 7.93. The van der Waals surface area contributed by atoms with E-state index < -0.39 is 11.4 Å². The molecule has 0 aliphatic carbocycles. The van der Waals surface area contributed by atoms with Gasteiger partial charge in [0.05, 0.1) is 23.6 Å². The van der Waals surface area contributed by atoms with Crippen LogP contribution in [0.15, 0.2) is 12.5 Å². The normalized spacial score (nSPS) is 23.2. The van der Waals surface area contributed by atoms with Crippen LogP contribution in [0.4, 0.5) is 5.69 Å². The summed E-state index contributed by atoms with van der Waals surface area (Å²) in [6, 6.07) is 0.215. The first-order valence-electron chi connectivity index (χ1n) is 6.16. The molecule has 0 bridgehead atoms. The van der Waals surface area contributed by atoms with Gasteiger partial charge in [-0.25, -0.2) is 9.97 Å². The van der Waals surface area contributed by atoms with Crippen molar-refractivity contribution in [3.63, 3.8) is 0 Å². The van der Waals surface area contributed by atoms with Gasteiger partial charge in [-0.2, -0.15) is 4.31 Å². The van der Waals surface area contributed by atoms with E-state index >= 15 is 0 Å². The van der Waals surface area contributed by atoms with Crippen molar-refractivity contribution in [3.8, 4) is 0 Å². The molecule has 0 radical (unpaired) electrons. The molecule has 1 aliphatic rings. The first-order chi connectivity index (χ1) is 8.16. The first kappa shape index (κ1) is 12.6. The smallest absolute Gasteiger partial charge is 0.185 e. The van der Waals surface area contributed by atoms with Crippen LogP contribution in [0.1, 0.15) is 51.0 Å². The Morgan fingerprint density at radius 1 is 1.53 bits per heavy atom. The molecule has 0 saturated carbocycles. The summed E-state index contributed by atoms with van der Waals surface area (Å²) in [6.07, 6.45) is 6.49. The van der Waals surface area contributed by atoms with Gasteiger partial charge in [0, 0.05) is 6.42 Å². The number of hydrogen-bond acceptors (Lipinski definition) is 4. The minimum atomic E-state index is -0.996. The standard InChI is InChI=1S/C12H19N3OS/c1-4-5-6-11-12-10(7-13-8-14-12)15(9(2)3)17(11)16/h7-9,11H,4-6H2,1-3H3. The van der Waals surface area contributed by atoms with E-state index in [4.69, 9.17) is 0 Å². The van der Waals surface area contributed by atoms with Crippen LogP contribution in [0.2, 0.25) is 0 Å². The Hall–Kier alpha value is -0.810. The van der Waals surface area contributed by atoms with E-state index in [2.05, 4.69) is 30.7 Å². The number of anilines is 1. The molecule has 0 spiro atoms. The zero-order valence-corrected chi connectivity index (χ0v) is 11.4. The van der Waals surface area contributed by atoms with Crippen LogP contribution < -0.4 is 4.31 Å². The maximum absolute atomic E-state index is 12.5. The Kier molecular flexibility index (Phi) is 3.89. The Bertz CT molecular complexity index is 386.